The molecule has 0 spiro atoms. The molecule has 1 amide bonds. The smallest absolute Gasteiger partial charge is 0.243 e. The second kappa shape index (κ2) is 13.9. The molecule has 1 N–H and O–H groups in total. The first kappa shape index (κ1) is 17.3. The minimum absolute atomic E-state index is 0.0645. The summed E-state index contributed by atoms with van der Waals surface area (Å²) in [6.45, 7) is 11.6. The van der Waals surface area contributed by atoms with Crippen LogP contribution in [0.3, 0.4) is 0 Å². The van der Waals surface area contributed by atoms with E-state index >= 15 is 0 Å². The summed E-state index contributed by atoms with van der Waals surface area (Å²) >= 11 is 0. The molecule has 0 bridgehead atoms. The monoisotopic (exact) mass is 225 g/mol. The second-order valence-electron chi connectivity index (χ2n) is 3.40. The summed E-state index contributed by atoms with van der Waals surface area (Å²) in [7, 11) is 0. The predicted octanol–water partition coefficient (Wildman–Crippen LogP) is 3.84. The van der Waals surface area contributed by atoms with Crippen LogP contribution in [0.15, 0.2) is 24.8 Å². The maximum absolute atomic E-state index is 10.8. The summed E-state index contributed by atoms with van der Waals surface area (Å²) in [4.78, 5) is 10.8. The van der Waals surface area contributed by atoms with Crippen LogP contribution in [0.4, 0.5) is 0 Å². The van der Waals surface area contributed by atoms with Crippen molar-refractivity contribution in [3.63, 3.8) is 0 Å². The Hall–Kier alpha value is -1.05. The summed E-state index contributed by atoms with van der Waals surface area (Å²) in [5.74, 6) is -0.0645. The molecule has 2 heteroatoms. The van der Waals surface area contributed by atoms with E-state index in [2.05, 4.69) is 37.9 Å². The Labute approximate surface area is 101 Å². The van der Waals surface area contributed by atoms with Crippen LogP contribution >= 0.6 is 0 Å². The van der Waals surface area contributed by atoms with Gasteiger partial charge in [0.25, 0.3) is 0 Å². The maximum Gasteiger partial charge on any atom is 0.243 e. The number of allylic oxidation sites excluding steroid dienone is 1. The summed E-state index contributed by atoms with van der Waals surface area (Å²) in [6, 6.07) is 0.325. The van der Waals surface area contributed by atoms with E-state index < -0.39 is 0 Å². The van der Waals surface area contributed by atoms with Gasteiger partial charge in [-0.05, 0) is 25.3 Å². The molecule has 0 saturated carbocycles. The molecule has 1 aliphatic carbocycles. The van der Waals surface area contributed by atoms with E-state index in [4.69, 9.17) is 0 Å². The lowest BCUT2D eigenvalue weighted by Gasteiger charge is -2.17. The lowest BCUT2D eigenvalue weighted by molar-refractivity contribution is -0.117. The number of carbonyl (C=O) groups is 1. The van der Waals surface area contributed by atoms with Gasteiger partial charge in [-0.1, -0.05) is 52.8 Å². The molecule has 0 aliphatic heterocycles. The normalized spacial score (nSPS) is 17.1. The van der Waals surface area contributed by atoms with Crippen LogP contribution in [0.2, 0.25) is 0 Å². The minimum atomic E-state index is -0.0645. The number of hydrogen-bond acceptors (Lipinski definition) is 1. The van der Waals surface area contributed by atoms with Crippen molar-refractivity contribution in [2.24, 2.45) is 0 Å². The van der Waals surface area contributed by atoms with Crippen LogP contribution in [0.1, 0.15) is 53.4 Å². The summed E-state index contributed by atoms with van der Waals surface area (Å²) in [6.07, 6.45) is 9.91. The molecule has 1 unspecified atom stereocenters. The molecular weight excluding hydrogens is 198 g/mol. The summed E-state index contributed by atoms with van der Waals surface area (Å²) < 4.78 is 0. The van der Waals surface area contributed by atoms with Crippen LogP contribution in [0.5, 0.6) is 0 Å². The average molecular weight is 225 g/mol. The highest BCUT2D eigenvalue weighted by Crippen LogP contribution is 2.09. The molecule has 94 valence electrons. The van der Waals surface area contributed by atoms with Gasteiger partial charge in [0, 0.05) is 6.04 Å². The number of rotatable bonds is 2. The van der Waals surface area contributed by atoms with Gasteiger partial charge in [-0.25, -0.2) is 0 Å². The largest absolute Gasteiger partial charge is 0.350 e. The molecule has 0 heterocycles. The van der Waals surface area contributed by atoms with Gasteiger partial charge >= 0.3 is 0 Å². The lowest BCUT2D eigenvalue weighted by Crippen LogP contribution is -2.33. The zero-order chi connectivity index (χ0) is 12.8. The Morgan fingerprint density at radius 2 is 2.00 bits per heavy atom. The first-order valence-electron chi connectivity index (χ1n) is 6.32. The first-order valence-corrected chi connectivity index (χ1v) is 6.32. The van der Waals surface area contributed by atoms with E-state index in [1.807, 2.05) is 13.8 Å². The van der Waals surface area contributed by atoms with Crippen LogP contribution in [0, 0.1) is 0 Å². The molecule has 1 atom stereocenters. The highest BCUT2D eigenvalue weighted by molar-refractivity contribution is 5.87. The summed E-state index contributed by atoms with van der Waals surface area (Å²) in [5.41, 5.74) is 0. The molecule has 0 radical (unpaired) electrons. The third kappa shape index (κ3) is 11.0. The van der Waals surface area contributed by atoms with Crippen molar-refractivity contribution in [1.29, 1.82) is 0 Å². The minimum Gasteiger partial charge on any atom is -0.350 e. The van der Waals surface area contributed by atoms with Gasteiger partial charge in [0.2, 0.25) is 5.91 Å². The predicted molar refractivity (Wildman–Crippen MR) is 72.4 cm³/mol. The quantitative estimate of drug-likeness (QED) is 0.561. The van der Waals surface area contributed by atoms with Gasteiger partial charge < -0.3 is 5.32 Å². The fourth-order valence-corrected chi connectivity index (χ4v) is 1.18. The Kier molecular flexibility index (Phi) is 15.1. The van der Waals surface area contributed by atoms with Gasteiger partial charge in [-0.15, -0.1) is 0 Å². The van der Waals surface area contributed by atoms with Crippen LogP contribution in [-0.4, -0.2) is 11.9 Å². The standard InChI is InChI=1S/C9H13NO.C3H8.C2H6/c1-2-9(11)10-8-6-4-3-5-7-8;1-3-2;1-2/h2-4,8H,1,5-7H2,(H,10,11);3H2,1-2H3;1-2H3. The first-order chi connectivity index (χ1) is 7.74. The van der Waals surface area contributed by atoms with E-state index in [0.717, 1.165) is 19.3 Å². The van der Waals surface area contributed by atoms with E-state index in [1.165, 1.54) is 12.5 Å². The van der Waals surface area contributed by atoms with E-state index in [9.17, 15) is 4.79 Å². The number of amides is 1. The maximum atomic E-state index is 10.8. The number of carbonyl (C=O) groups excluding carboxylic acids is 1. The highest BCUT2D eigenvalue weighted by atomic mass is 16.1. The van der Waals surface area contributed by atoms with Crippen molar-refractivity contribution in [2.75, 3.05) is 0 Å². The molecule has 16 heavy (non-hydrogen) atoms. The van der Waals surface area contributed by atoms with Gasteiger partial charge in [0.05, 0.1) is 0 Å². The highest BCUT2D eigenvalue weighted by Gasteiger charge is 2.09. The zero-order valence-electron chi connectivity index (χ0n) is 11.3. The fourth-order valence-electron chi connectivity index (χ4n) is 1.18. The molecule has 2 nitrogen and oxygen atoms in total. The Morgan fingerprint density at radius 3 is 2.38 bits per heavy atom. The van der Waals surface area contributed by atoms with Crippen molar-refractivity contribution >= 4 is 5.91 Å². The third-order valence-electron chi connectivity index (χ3n) is 1.80. The van der Waals surface area contributed by atoms with Crippen molar-refractivity contribution in [3.05, 3.63) is 24.8 Å². The van der Waals surface area contributed by atoms with Gasteiger partial charge in [0.15, 0.2) is 0 Å². The molecule has 0 fully saturated rings. The lowest BCUT2D eigenvalue weighted by atomic mass is 10.0. The fraction of sp³-hybridized carbons (Fsp3) is 0.643. The van der Waals surface area contributed by atoms with Crippen LogP contribution in [-0.2, 0) is 4.79 Å². The third-order valence-corrected chi connectivity index (χ3v) is 1.80. The zero-order valence-corrected chi connectivity index (χ0v) is 11.3. The molecule has 1 rings (SSSR count). The molecule has 0 saturated heterocycles. The van der Waals surface area contributed by atoms with Crippen LogP contribution in [0.25, 0.3) is 0 Å². The Bertz CT molecular complexity index is 197. The van der Waals surface area contributed by atoms with Gasteiger partial charge in [0.1, 0.15) is 0 Å². The molecule has 0 aromatic rings. The van der Waals surface area contributed by atoms with E-state index in [0.29, 0.717) is 6.04 Å². The van der Waals surface area contributed by atoms with Crippen molar-refractivity contribution in [3.8, 4) is 0 Å². The van der Waals surface area contributed by atoms with Crippen LogP contribution < -0.4 is 5.32 Å². The van der Waals surface area contributed by atoms with Crippen molar-refractivity contribution < 1.29 is 4.79 Å². The van der Waals surface area contributed by atoms with Crippen molar-refractivity contribution in [1.82, 2.24) is 5.32 Å². The average Bonchev–Trinajstić information content (AvgIpc) is 2.34. The molecule has 0 aromatic heterocycles. The van der Waals surface area contributed by atoms with E-state index in [-0.39, 0.29) is 5.91 Å². The topological polar surface area (TPSA) is 29.1 Å². The second-order valence-corrected chi connectivity index (χ2v) is 3.40. The molecule has 1 aliphatic rings. The Morgan fingerprint density at radius 1 is 1.44 bits per heavy atom. The number of nitrogens with one attached hydrogen (secondary N) is 1. The van der Waals surface area contributed by atoms with Gasteiger partial charge in [-0.2, -0.15) is 0 Å². The SMILES string of the molecule is C=CC(=O)NC1CC=CCC1.CC.CCC. The molecule has 0 aromatic carbocycles. The van der Waals surface area contributed by atoms with Crippen molar-refractivity contribution in [2.45, 2.75) is 59.4 Å². The number of hydrogen-bond donors (Lipinski definition) is 1. The summed E-state index contributed by atoms with van der Waals surface area (Å²) in [5, 5.41) is 2.86. The Balaban J connectivity index is 0. The van der Waals surface area contributed by atoms with Gasteiger partial charge in [-0.3, -0.25) is 4.79 Å². The molecular formula is C14H27NO. The van der Waals surface area contributed by atoms with E-state index in [1.54, 1.807) is 0 Å².